The minimum atomic E-state index is -4.57. The van der Waals surface area contributed by atoms with Crippen LogP contribution in [0.4, 0.5) is 34.1 Å². The van der Waals surface area contributed by atoms with E-state index in [-0.39, 0.29) is 57.3 Å². The van der Waals surface area contributed by atoms with Crippen LogP contribution in [-0.2, 0) is 31.3 Å². The molecule has 0 fully saturated rings. The van der Waals surface area contributed by atoms with Gasteiger partial charge in [0.1, 0.15) is 32.5 Å². The minimum absolute atomic E-state index is 0.0273. The maximum atomic E-state index is 14.1. The summed E-state index contributed by atoms with van der Waals surface area (Å²) in [6.45, 7) is 5.58. The summed E-state index contributed by atoms with van der Waals surface area (Å²) >= 11 is 12.6. The Labute approximate surface area is 384 Å². The summed E-state index contributed by atoms with van der Waals surface area (Å²) in [4.78, 5) is 50.2. The molecular formula is C44H46Cl2N6O11S2. The van der Waals surface area contributed by atoms with Crippen LogP contribution in [0, 0.1) is 5.41 Å². The number of aromatic hydroxyl groups is 2. The van der Waals surface area contributed by atoms with E-state index in [1.807, 2.05) is 51.1 Å². The summed E-state index contributed by atoms with van der Waals surface area (Å²) < 4.78 is 61.3. The zero-order valence-electron chi connectivity index (χ0n) is 36.1. The van der Waals surface area contributed by atoms with Crippen molar-refractivity contribution < 1.29 is 31.8 Å². The van der Waals surface area contributed by atoms with Crippen LogP contribution in [0.5, 0.6) is 11.5 Å². The van der Waals surface area contributed by atoms with Crippen molar-refractivity contribution in [1.82, 2.24) is 8.61 Å². The van der Waals surface area contributed by atoms with Crippen molar-refractivity contribution in [2.75, 3.05) is 56.1 Å². The van der Waals surface area contributed by atoms with Crippen molar-refractivity contribution in [3.05, 3.63) is 146 Å². The van der Waals surface area contributed by atoms with E-state index in [2.05, 4.69) is 21.3 Å². The molecule has 0 aromatic heterocycles. The standard InChI is InChI=1S/C44H46Cl2N6O11S2/c1-44(2,3)43(24-13-9-8-10-14-24)50-34-33(39(57)40(34)58)48-29-19-17-27(46)42(36(29)54)65(61,62)52(6)21-23-12-11-15-25(20-23)30(22-63-7)49-32-31(37(55)38(32)56)47-28-18-16-26(45)41(35(28)53)64(59,60)51(4)5/h8-20,30,43,47-50,53-54H,21-22H2,1-7H3/t30-,43+/m1/s1. The van der Waals surface area contributed by atoms with E-state index in [4.69, 9.17) is 27.9 Å². The molecule has 0 saturated heterocycles. The van der Waals surface area contributed by atoms with Gasteiger partial charge in [-0.3, -0.25) is 19.2 Å². The van der Waals surface area contributed by atoms with Crippen LogP contribution in [-0.4, -0.2) is 70.5 Å². The number of anilines is 6. The number of rotatable bonds is 18. The predicted octanol–water partition coefficient (Wildman–Crippen LogP) is 6.15. The quantitative estimate of drug-likeness (QED) is 0.0418. The number of ether oxygens (including phenoxy) is 1. The van der Waals surface area contributed by atoms with E-state index in [1.165, 1.54) is 52.5 Å². The van der Waals surface area contributed by atoms with Gasteiger partial charge in [-0.25, -0.2) is 21.1 Å². The van der Waals surface area contributed by atoms with Gasteiger partial charge in [0.05, 0.1) is 40.1 Å². The number of hydrogen-bond donors (Lipinski definition) is 6. The Morgan fingerprint density at radius 1 is 0.646 bits per heavy atom. The zero-order valence-corrected chi connectivity index (χ0v) is 39.3. The molecule has 0 saturated carbocycles. The number of hydrogen-bond acceptors (Lipinski definition) is 15. The molecule has 6 aromatic carbocycles. The fourth-order valence-electron chi connectivity index (χ4n) is 7.09. The molecule has 0 aliphatic rings. The largest absolute Gasteiger partial charge is 0.504 e. The summed E-state index contributed by atoms with van der Waals surface area (Å²) in [7, 11) is -3.64. The first-order valence-corrected chi connectivity index (χ1v) is 23.3. The molecule has 0 aliphatic carbocycles. The Morgan fingerprint density at radius 2 is 1.12 bits per heavy atom. The Kier molecular flexibility index (Phi) is 13.9. The molecule has 0 bridgehead atoms. The number of methoxy groups -OCH3 is 1. The van der Waals surface area contributed by atoms with Gasteiger partial charge in [0.2, 0.25) is 20.0 Å². The molecule has 17 nitrogen and oxygen atoms in total. The minimum Gasteiger partial charge on any atom is -0.504 e. The van der Waals surface area contributed by atoms with Gasteiger partial charge in [-0.05, 0) is 46.4 Å². The van der Waals surface area contributed by atoms with Gasteiger partial charge >= 0.3 is 0 Å². The summed E-state index contributed by atoms with van der Waals surface area (Å²) in [6, 6.07) is 19.6. The second kappa shape index (κ2) is 18.6. The molecule has 0 unspecified atom stereocenters. The van der Waals surface area contributed by atoms with Gasteiger partial charge in [0.15, 0.2) is 11.5 Å². The molecule has 6 rings (SSSR count). The number of phenolic OH excluding ortho intramolecular Hbond substituents is 2. The molecule has 0 heterocycles. The third kappa shape index (κ3) is 9.49. The van der Waals surface area contributed by atoms with E-state index in [0.29, 0.717) is 11.1 Å². The second-order valence-electron chi connectivity index (χ2n) is 16.4. The third-order valence-electron chi connectivity index (χ3n) is 10.6. The van der Waals surface area contributed by atoms with Crippen LogP contribution in [0.15, 0.2) is 108 Å². The molecule has 6 N–H and O–H groups in total. The number of nitrogens with zero attached hydrogens (tertiary/aromatic N) is 2. The van der Waals surface area contributed by atoms with Gasteiger partial charge in [0, 0.05) is 34.8 Å². The van der Waals surface area contributed by atoms with E-state index in [0.717, 1.165) is 14.2 Å². The van der Waals surface area contributed by atoms with Crippen molar-refractivity contribution in [2.24, 2.45) is 5.41 Å². The average molecular weight is 970 g/mol. The first-order chi connectivity index (χ1) is 30.4. The fraction of sp³-hybridized carbons (Fsp3) is 0.273. The van der Waals surface area contributed by atoms with Crippen LogP contribution in [0.1, 0.15) is 49.5 Å². The highest BCUT2D eigenvalue weighted by molar-refractivity contribution is 7.89. The number of phenols is 2. The lowest BCUT2D eigenvalue weighted by atomic mass is 9.82. The maximum Gasteiger partial charge on any atom is 0.253 e. The van der Waals surface area contributed by atoms with Crippen molar-refractivity contribution in [3.8, 4) is 11.5 Å². The first-order valence-electron chi connectivity index (χ1n) is 19.7. The highest BCUT2D eigenvalue weighted by Gasteiger charge is 2.34. The van der Waals surface area contributed by atoms with Gasteiger partial charge in [-0.1, -0.05) is 98.6 Å². The van der Waals surface area contributed by atoms with E-state index >= 15 is 0 Å². The van der Waals surface area contributed by atoms with Crippen molar-refractivity contribution in [3.63, 3.8) is 0 Å². The Balaban J connectivity index is 1.23. The average Bonchev–Trinajstić information content (AvgIpc) is 3.24. The van der Waals surface area contributed by atoms with Crippen molar-refractivity contribution in [1.29, 1.82) is 0 Å². The van der Waals surface area contributed by atoms with Crippen LogP contribution in [0.25, 0.3) is 0 Å². The Hall–Kier alpha value is -5.80. The van der Waals surface area contributed by atoms with Gasteiger partial charge in [-0.2, -0.15) is 4.31 Å². The normalized spacial score (nSPS) is 13.3. The molecule has 0 radical (unpaired) electrons. The number of halogens is 2. The summed E-state index contributed by atoms with van der Waals surface area (Å²) in [6.07, 6.45) is 0. The van der Waals surface area contributed by atoms with Crippen LogP contribution < -0.4 is 43.0 Å². The van der Waals surface area contributed by atoms with Gasteiger partial charge < -0.3 is 36.2 Å². The fourth-order valence-corrected chi connectivity index (χ4v) is 10.3. The summed E-state index contributed by atoms with van der Waals surface area (Å²) in [5.74, 6) is -1.57. The maximum absolute atomic E-state index is 14.1. The number of sulfonamides is 2. The lowest BCUT2D eigenvalue weighted by Crippen LogP contribution is -2.39. The molecular weight excluding hydrogens is 924 g/mol. The molecule has 0 amide bonds. The van der Waals surface area contributed by atoms with Crippen LogP contribution >= 0.6 is 23.2 Å². The summed E-state index contributed by atoms with van der Waals surface area (Å²) in [5.41, 5.74) is -3.19. The highest BCUT2D eigenvalue weighted by Crippen LogP contribution is 2.43. The molecule has 0 aliphatic heterocycles. The van der Waals surface area contributed by atoms with Crippen LogP contribution in [0.3, 0.4) is 0 Å². The lowest BCUT2D eigenvalue weighted by Gasteiger charge is -2.33. The molecule has 2 atom stereocenters. The number of nitrogens with one attached hydrogen (secondary N) is 4. The van der Waals surface area contributed by atoms with E-state index in [9.17, 15) is 46.2 Å². The molecule has 0 spiro atoms. The van der Waals surface area contributed by atoms with Gasteiger partial charge in [-0.15, -0.1) is 0 Å². The molecule has 6 aromatic rings. The van der Waals surface area contributed by atoms with Crippen molar-refractivity contribution >= 4 is 77.4 Å². The Morgan fingerprint density at radius 3 is 1.62 bits per heavy atom. The third-order valence-corrected chi connectivity index (χ3v) is 15.2. The van der Waals surface area contributed by atoms with E-state index < -0.39 is 80.6 Å². The topological polar surface area (TPSA) is 241 Å². The Bertz CT molecular complexity index is 3160. The zero-order chi connectivity index (χ0) is 47.9. The smallest absolute Gasteiger partial charge is 0.253 e. The van der Waals surface area contributed by atoms with Gasteiger partial charge in [0.25, 0.3) is 21.7 Å². The molecule has 21 heteroatoms. The molecule has 65 heavy (non-hydrogen) atoms. The number of benzene rings is 4. The van der Waals surface area contributed by atoms with Crippen molar-refractivity contribution in [2.45, 2.75) is 49.2 Å². The van der Waals surface area contributed by atoms with E-state index in [1.54, 1.807) is 24.3 Å². The lowest BCUT2D eigenvalue weighted by molar-refractivity contribution is 0.186. The second-order valence-corrected chi connectivity index (χ2v) is 21.3. The monoisotopic (exact) mass is 968 g/mol. The molecule has 344 valence electrons. The summed E-state index contributed by atoms with van der Waals surface area (Å²) in [5, 5.41) is 33.3. The SMILES string of the molecule is COC[C@@H](Nc1c(Nc2ccc(Cl)c(S(=O)(=O)N(C)C)c2O)c(=O)c1=O)c1cccc(CN(C)S(=O)(=O)c2c(Cl)ccc(Nc3c(N[C@@H](c4ccccc4)C(C)(C)C)c(=O)c3=O)c2O)c1. The first kappa shape index (κ1) is 48.7. The van der Waals surface area contributed by atoms with Crippen LogP contribution in [0.2, 0.25) is 10.0 Å². The highest BCUT2D eigenvalue weighted by atomic mass is 35.5. The predicted molar refractivity (Wildman–Crippen MR) is 252 cm³/mol.